The Morgan fingerprint density at radius 3 is 2.08 bits per heavy atom. The van der Waals surface area contributed by atoms with Gasteiger partial charge in [0.25, 0.3) is 5.91 Å². The molecule has 0 aliphatic heterocycles. The summed E-state index contributed by atoms with van der Waals surface area (Å²) in [5.74, 6) is -0.0870. The van der Waals surface area contributed by atoms with Crippen molar-refractivity contribution in [1.29, 1.82) is 0 Å². The Morgan fingerprint density at radius 1 is 0.840 bits per heavy atom. The second-order valence-corrected chi connectivity index (χ2v) is 5.89. The Balaban J connectivity index is 1.78. The number of carbonyl (C=O) groups excluding carboxylic acids is 1. The van der Waals surface area contributed by atoms with E-state index in [4.69, 9.17) is 0 Å². The molecule has 1 N–H and O–H groups in total. The average Bonchev–Trinajstić information content (AvgIpc) is 2.67. The second-order valence-electron chi connectivity index (χ2n) is 5.89. The van der Waals surface area contributed by atoms with Gasteiger partial charge >= 0.3 is 0 Å². The van der Waals surface area contributed by atoms with Gasteiger partial charge in [0.1, 0.15) is 0 Å². The molecule has 0 spiro atoms. The number of amides is 1. The highest BCUT2D eigenvalue weighted by atomic mass is 16.2. The van der Waals surface area contributed by atoms with Gasteiger partial charge in [-0.15, -0.1) is 0 Å². The lowest BCUT2D eigenvalue weighted by Crippen LogP contribution is -2.32. The molecule has 0 saturated heterocycles. The molecule has 4 nitrogen and oxygen atoms in total. The summed E-state index contributed by atoms with van der Waals surface area (Å²) >= 11 is 0. The van der Waals surface area contributed by atoms with Gasteiger partial charge in [-0.25, -0.2) is 0 Å². The number of hydrogen-bond acceptors (Lipinski definition) is 2. The van der Waals surface area contributed by atoms with E-state index >= 15 is 0 Å². The summed E-state index contributed by atoms with van der Waals surface area (Å²) in [4.78, 5) is 28.5. The van der Waals surface area contributed by atoms with E-state index < -0.39 is 0 Å². The van der Waals surface area contributed by atoms with E-state index in [0.29, 0.717) is 18.7 Å². The number of pyridine rings is 1. The minimum absolute atomic E-state index is 0.0870. The number of carbonyl (C=O) groups is 1. The van der Waals surface area contributed by atoms with Gasteiger partial charge in [0, 0.05) is 25.4 Å². The Morgan fingerprint density at radius 2 is 1.48 bits per heavy atom. The molecule has 1 heterocycles. The molecule has 25 heavy (non-hydrogen) atoms. The zero-order chi connectivity index (χ0) is 17.5. The third-order valence-corrected chi connectivity index (χ3v) is 4.05. The van der Waals surface area contributed by atoms with E-state index in [9.17, 15) is 9.59 Å². The van der Waals surface area contributed by atoms with Crippen LogP contribution < -0.4 is 5.56 Å². The van der Waals surface area contributed by atoms with Gasteiger partial charge in [-0.2, -0.15) is 0 Å². The second kappa shape index (κ2) is 8.11. The number of nitrogens with zero attached hydrogens (tertiary/aromatic N) is 1. The van der Waals surface area contributed by atoms with E-state index in [1.165, 1.54) is 17.8 Å². The van der Waals surface area contributed by atoms with Crippen molar-refractivity contribution in [3.63, 3.8) is 0 Å². The summed E-state index contributed by atoms with van der Waals surface area (Å²) in [6.07, 6.45) is 2.26. The number of benzene rings is 2. The van der Waals surface area contributed by atoms with Gasteiger partial charge in [0.2, 0.25) is 5.56 Å². The third kappa shape index (κ3) is 4.67. The van der Waals surface area contributed by atoms with E-state index in [-0.39, 0.29) is 11.5 Å². The SMILES string of the molecule is O=C(c1ccc(=O)[nH]c1)N(CCc1ccccc1)Cc1ccccc1. The van der Waals surface area contributed by atoms with Crippen LogP contribution in [-0.4, -0.2) is 22.3 Å². The maximum Gasteiger partial charge on any atom is 0.255 e. The molecular formula is C21H20N2O2. The Labute approximate surface area is 146 Å². The minimum Gasteiger partial charge on any atom is -0.334 e. The highest BCUT2D eigenvalue weighted by Gasteiger charge is 2.16. The van der Waals surface area contributed by atoms with Crippen LogP contribution in [0, 0.1) is 0 Å². The molecule has 0 unspecified atom stereocenters. The predicted octanol–water partition coefficient (Wildman–Crippen LogP) is 3.26. The molecule has 1 amide bonds. The largest absolute Gasteiger partial charge is 0.334 e. The lowest BCUT2D eigenvalue weighted by molar-refractivity contribution is 0.0744. The highest BCUT2D eigenvalue weighted by molar-refractivity contribution is 5.93. The van der Waals surface area contributed by atoms with Crippen LogP contribution in [-0.2, 0) is 13.0 Å². The van der Waals surface area contributed by atoms with Crippen molar-refractivity contribution in [3.8, 4) is 0 Å². The van der Waals surface area contributed by atoms with Gasteiger partial charge in [0.05, 0.1) is 5.56 Å². The van der Waals surface area contributed by atoms with Crippen LogP contribution in [0.2, 0.25) is 0 Å². The topological polar surface area (TPSA) is 53.2 Å². The lowest BCUT2D eigenvalue weighted by atomic mass is 10.1. The Hall–Kier alpha value is -3.14. The number of nitrogens with one attached hydrogen (secondary N) is 1. The van der Waals surface area contributed by atoms with E-state index in [1.54, 1.807) is 6.07 Å². The van der Waals surface area contributed by atoms with Crippen molar-refractivity contribution < 1.29 is 4.79 Å². The molecular weight excluding hydrogens is 312 g/mol. The van der Waals surface area contributed by atoms with Gasteiger partial charge < -0.3 is 9.88 Å². The molecule has 2 aromatic carbocycles. The van der Waals surface area contributed by atoms with Crippen LogP contribution in [0.25, 0.3) is 0 Å². The zero-order valence-electron chi connectivity index (χ0n) is 13.9. The summed E-state index contributed by atoms with van der Waals surface area (Å²) in [6.45, 7) is 1.14. The maximum absolute atomic E-state index is 12.9. The third-order valence-electron chi connectivity index (χ3n) is 4.05. The fraction of sp³-hybridized carbons (Fsp3) is 0.143. The zero-order valence-corrected chi connectivity index (χ0v) is 13.9. The lowest BCUT2D eigenvalue weighted by Gasteiger charge is -2.23. The van der Waals surface area contributed by atoms with Gasteiger partial charge in [-0.1, -0.05) is 60.7 Å². The molecule has 0 aliphatic rings. The Kier molecular flexibility index (Phi) is 5.42. The van der Waals surface area contributed by atoms with Crippen LogP contribution >= 0.6 is 0 Å². The quantitative estimate of drug-likeness (QED) is 0.753. The summed E-state index contributed by atoms with van der Waals surface area (Å²) in [6, 6.07) is 23.0. The van der Waals surface area contributed by atoms with Crippen molar-refractivity contribution in [2.45, 2.75) is 13.0 Å². The van der Waals surface area contributed by atoms with E-state index in [0.717, 1.165) is 12.0 Å². The van der Waals surface area contributed by atoms with Crippen molar-refractivity contribution in [1.82, 2.24) is 9.88 Å². The maximum atomic E-state index is 12.9. The van der Waals surface area contributed by atoms with Crippen molar-refractivity contribution >= 4 is 5.91 Å². The molecule has 0 radical (unpaired) electrons. The van der Waals surface area contributed by atoms with Crippen LogP contribution in [0.1, 0.15) is 21.5 Å². The van der Waals surface area contributed by atoms with E-state index in [1.807, 2.05) is 53.4 Å². The number of H-pyrrole nitrogens is 1. The standard InChI is InChI=1S/C21H20N2O2/c24-20-12-11-19(15-22-20)21(25)23(16-18-9-5-2-6-10-18)14-13-17-7-3-1-4-8-17/h1-12,15H,13-14,16H2,(H,22,24). The van der Waals surface area contributed by atoms with Crippen molar-refractivity contribution in [3.05, 3.63) is 106 Å². The Bertz CT molecular complexity index is 853. The minimum atomic E-state index is -0.213. The van der Waals surface area contributed by atoms with Crippen LogP contribution in [0.5, 0.6) is 0 Å². The number of aromatic nitrogens is 1. The van der Waals surface area contributed by atoms with Crippen LogP contribution in [0.4, 0.5) is 0 Å². The number of hydrogen-bond donors (Lipinski definition) is 1. The molecule has 0 fully saturated rings. The van der Waals surface area contributed by atoms with Gasteiger partial charge in [0.15, 0.2) is 0 Å². The van der Waals surface area contributed by atoms with Crippen molar-refractivity contribution in [2.24, 2.45) is 0 Å². The summed E-state index contributed by atoms with van der Waals surface area (Å²) < 4.78 is 0. The van der Waals surface area contributed by atoms with Crippen molar-refractivity contribution in [2.75, 3.05) is 6.54 Å². The molecule has 126 valence electrons. The fourth-order valence-corrected chi connectivity index (χ4v) is 2.69. The van der Waals surface area contributed by atoms with Crippen LogP contribution in [0.15, 0.2) is 83.8 Å². The van der Waals surface area contributed by atoms with Crippen LogP contribution in [0.3, 0.4) is 0 Å². The summed E-state index contributed by atoms with van der Waals surface area (Å²) in [5.41, 5.74) is 2.54. The molecule has 4 heteroatoms. The monoisotopic (exact) mass is 332 g/mol. The smallest absolute Gasteiger partial charge is 0.255 e. The average molecular weight is 332 g/mol. The number of aromatic amines is 1. The first-order chi connectivity index (χ1) is 12.2. The first-order valence-corrected chi connectivity index (χ1v) is 8.28. The first-order valence-electron chi connectivity index (χ1n) is 8.28. The molecule has 3 rings (SSSR count). The normalized spacial score (nSPS) is 10.4. The highest BCUT2D eigenvalue weighted by Crippen LogP contribution is 2.11. The molecule has 0 atom stereocenters. The molecule has 0 bridgehead atoms. The van der Waals surface area contributed by atoms with Gasteiger partial charge in [-0.3, -0.25) is 9.59 Å². The molecule has 0 saturated carbocycles. The van der Waals surface area contributed by atoms with E-state index in [2.05, 4.69) is 17.1 Å². The molecule has 1 aromatic heterocycles. The summed E-state index contributed by atoms with van der Waals surface area (Å²) in [7, 11) is 0. The molecule has 3 aromatic rings. The first kappa shape index (κ1) is 16.7. The number of rotatable bonds is 6. The molecule has 0 aliphatic carbocycles. The predicted molar refractivity (Wildman–Crippen MR) is 98.4 cm³/mol. The fourth-order valence-electron chi connectivity index (χ4n) is 2.69. The van der Waals surface area contributed by atoms with Gasteiger partial charge in [-0.05, 0) is 23.6 Å². The summed E-state index contributed by atoms with van der Waals surface area (Å²) in [5, 5.41) is 0.